The van der Waals surface area contributed by atoms with Gasteiger partial charge < -0.3 is 19.8 Å². The van der Waals surface area contributed by atoms with Crippen molar-refractivity contribution in [3.63, 3.8) is 0 Å². The van der Waals surface area contributed by atoms with Crippen LogP contribution in [0.4, 0.5) is 0 Å². The van der Waals surface area contributed by atoms with Gasteiger partial charge in [0.1, 0.15) is 0 Å². The molecule has 1 amide bonds. The molecule has 1 rings (SSSR count). The molecule has 2 N–H and O–H groups in total. The number of unbranched alkanes of at least 4 members (excludes halogenated alkanes) is 7. The zero-order valence-electron chi connectivity index (χ0n) is 20.3. The van der Waals surface area contributed by atoms with E-state index in [0.717, 1.165) is 29.6 Å². The molecule has 0 fully saturated rings. The summed E-state index contributed by atoms with van der Waals surface area (Å²) in [4.78, 5) is 16.1. The molecular weight excluding hydrogens is 435 g/mol. The average molecular weight is 479 g/mol. The van der Waals surface area contributed by atoms with E-state index in [-0.39, 0.29) is 5.91 Å². The molecule has 0 spiro atoms. The maximum Gasteiger partial charge on any atom is 0.320 e. The molecule has 1 aromatic rings. The van der Waals surface area contributed by atoms with Gasteiger partial charge in [-0.1, -0.05) is 69.6 Å². The number of benzene rings is 1. The molecule has 1 aromatic carbocycles. The third-order valence-corrected chi connectivity index (χ3v) is 5.59. The number of thiol groups is 1. The minimum Gasteiger partial charge on any atom is -0.447 e. The van der Waals surface area contributed by atoms with Gasteiger partial charge in [-0.2, -0.15) is 12.6 Å². The van der Waals surface area contributed by atoms with Crippen molar-refractivity contribution in [1.82, 2.24) is 5.32 Å². The highest BCUT2D eigenvalue weighted by atomic mass is 32.1. The summed E-state index contributed by atoms with van der Waals surface area (Å²) in [7, 11) is 0. The highest BCUT2D eigenvalue weighted by Gasteiger charge is 2.04. The van der Waals surface area contributed by atoms with E-state index in [0.29, 0.717) is 45.9 Å². The molecule has 0 aliphatic carbocycles. The van der Waals surface area contributed by atoms with Gasteiger partial charge in [0, 0.05) is 19.2 Å². The van der Waals surface area contributed by atoms with E-state index in [9.17, 15) is 9.82 Å². The molecular formula is C25H43BN2O4S. The molecule has 0 heterocycles. The topological polar surface area (TPSA) is 80.2 Å². The van der Waals surface area contributed by atoms with Gasteiger partial charge in [-0.25, -0.2) is 0 Å². The Labute approximate surface area is 206 Å². The van der Waals surface area contributed by atoms with Crippen molar-refractivity contribution < 1.29 is 19.3 Å². The van der Waals surface area contributed by atoms with Gasteiger partial charge in [0.2, 0.25) is 5.91 Å². The summed E-state index contributed by atoms with van der Waals surface area (Å²) in [6.07, 6.45) is 12.1. The molecule has 0 bridgehead atoms. The van der Waals surface area contributed by atoms with Crippen molar-refractivity contribution >= 4 is 37.1 Å². The van der Waals surface area contributed by atoms with Gasteiger partial charge in [-0.15, -0.1) is 0 Å². The van der Waals surface area contributed by atoms with E-state index in [1.807, 2.05) is 24.3 Å². The Morgan fingerprint density at radius 2 is 1.58 bits per heavy atom. The number of aliphatic imine (C=N–C) groups is 1. The number of amides is 1. The van der Waals surface area contributed by atoms with Crippen LogP contribution in [0.2, 0.25) is 6.82 Å². The fourth-order valence-electron chi connectivity index (χ4n) is 3.28. The monoisotopic (exact) mass is 478 g/mol. The first kappa shape index (κ1) is 29.7. The van der Waals surface area contributed by atoms with Crippen LogP contribution in [0.15, 0.2) is 29.3 Å². The van der Waals surface area contributed by atoms with E-state index in [4.69, 9.17) is 9.47 Å². The second-order valence-electron chi connectivity index (χ2n) is 8.25. The quantitative estimate of drug-likeness (QED) is 0.109. The molecule has 6 nitrogen and oxygen atoms in total. The second-order valence-corrected chi connectivity index (χ2v) is 8.70. The molecule has 0 saturated carbocycles. The molecule has 33 heavy (non-hydrogen) atoms. The van der Waals surface area contributed by atoms with Crippen LogP contribution in [0.5, 0.6) is 0 Å². The predicted octanol–water partition coefficient (Wildman–Crippen LogP) is 3.52. The van der Waals surface area contributed by atoms with Gasteiger partial charge in [-0.05, 0) is 29.6 Å². The van der Waals surface area contributed by atoms with E-state index in [1.165, 1.54) is 38.5 Å². The van der Waals surface area contributed by atoms with Gasteiger partial charge in [-0.3, -0.25) is 9.79 Å². The summed E-state index contributed by atoms with van der Waals surface area (Å²) in [5.74, 6) is 1.11. The van der Waals surface area contributed by atoms with Gasteiger partial charge in [0.25, 0.3) is 0 Å². The first-order chi connectivity index (χ1) is 16.1. The highest BCUT2D eigenvalue weighted by molar-refractivity contribution is 7.80. The largest absolute Gasteiger partial charge is 0.447 e. The lowest BCUT2D eigenvalue weighted by Gasteiger charge is -2.07. The smallest absolute Gasteiger partial charge is 0.320 e. The molecule has 186 valence electrons. The fourth-order valence-corrected chi connectivity index (χ4v) is 3.50. The standard InChI is InChI=1S/C25H43BN2O4S/c1-26(30)24-13-11-23(12-14-24)22-27-15-17-31-19-20-32-18-16-28-25(29)10-8-6-4-2-3-5-7-9-21-33/h11-14,22,30,33H,2-10,15-21H2,1H3,(H,28,29)/b27-22+. The lowest BCUT2D eigenvalue weighted by molar-refractivity contribution is -0.121. The van der Waals surface area contributed by atoms with E-state index >= 15 is 0 Å². The van der Waals surface area contributed by atoms with Crippen molar-refractivity contribution in [2.24, 2.45) is 4.99 Å². The Bertz CT molecular complexity index is 629. The van der Waals surface area contributed by atoms with Crippen LogP contribution in [0.1, 0.15) is 63.4 Å². The number of carbonyl (C=O) groups is 1. The zero-order valence-corrected chi connectivity index (χ0v) is 21.2. The number of nitrogens with one attached hydrogen (secondary N) is 1. The summed E-state index contributed by atoms with van der Waals surface area (Å²) in [6, 6.07) is 7.68. The van der Waals surface area contributed by atoms with Gasteiger partial charge in [0.15, 0.2) is 0 Å². The second kappa shape index (κ2) is 21.2. The van der Waals surface area contributed by atoms with Crippen molar-refractivity contribution in [1.29, 1.82) is 0 Å². The normalized spacial score (nSPS) is 11.2. The summed E-state index contributed by atoms with van der Waals surface area (Å²) >= 11 is 4.23. The minimum atomic E-state index is -0.453. The summed E-state index contributed by atoms with van der Waals surface area (Å²) in [5, 5.41) is 12.4. The Morgan fingerprint density at radius 1 is 0.970 bits per heavy atom. The summed E-state index contributed by atoms with van der Waals surface area (Å²) in [5.41, 5.74) is 1.90. The number of nitrogens with zero attached hydrogens (tertiary/aromatic N) is 1. The molecule has 0 radical (unpaired) electrons. The number of rotatable bonds is 21. The third-order valence-electron chi connectivity index (χ3n) is 5.28. The van der Waals surface area contributed by atoms with E-state index in [1.54, 1.807) is 13.0 Å². The predicted molar refractivity (Wildman–Crippen MR) is 142 cm³/mol. The number of carbonyl (C=O) groups excluding carboxylic acids is 1. The van der Waals surface area contributed by atoms with Crippen LogP contribution in [-0.2, 0) is 14.3 Å². The van der Waals surface area contributed by atoms with Crippen LogP contribution >= 0.6 is 12.6 Å². The SMILES string of the molecule is CB(O)c1ccc(/C=N/CCOCCOCCNC(=O)CCCCCCCCCCS)cc1. The molecule has 0 aliphatic heterocycles. The fraction of sp³-hybridized carbons (Fsp3) is 0.680. The lowest BCUT2D eigenvalue weighted by Crippen LogP contribution is -2.27. The van der Waals surface area contributed by atoms with E-state index < -0.39 is 6.92 Å². The van der Waals surface area contributed by atoms with Crippen LogP contribution in [0.25, 0.3) is 0 Å². The van der Waals surface area contributed by atoms with Crippen molar-refractivity contribution in [2.45, 2.75) is 64.6 Å². The van der Waals surface area contributed by atoms with Crippen molar-refractivity contribution in [2.75, 3.05) is 45.3 Å². The molecule has 0 atom stereocenters. The van der Waals surface area contributed by atoms with E-state index in [2.05, 4.69) is 22.9 Å². The van der Waals surface area contributed by atoms with Crippen LogP contribution in [0, 0.1) is 0 Å². The summed E-state index contributed by atoms with van der Waals surface area (Å²) < 4.78 is 11.0. The highest BCUT2D eigenvalue weighted by Crippen LogP contribution is 2.09. The molecule has 0 aliphatic rings. The van der Waals surface area contributed by atoms with Gasteiger partial charge in [0.05, 0.1) is 33.0 Å². The molecule has 0 aromatic heterocycles. The Morgan fingerprint density at radius 3 is 2.21 bits per heavy atom. The van der Waals surface area contributed by atoms with Gasteiger partial charge >= 0.3 is 6.92 Å². The lowest BCUT2D eigenvalue weighted by atomic mass is 9.64. The Hall–Kier alpha value is -1.35. The average Bonchev–Trinajstić information content (AvgIpc) is 2.81. The Kier molecular flexibility index (Phi) is 19.1. The molecule has 0 saturated heterocycles. The first-order valence-corrected chi connectivity index (χ1v) is 13.1. The minimum absolute atomic E-state index is 0.113. The Balaban J connectivity index is 1.84. The van der Waals surface area contributed by atoms with Crippen LogP contribution in [0.3, 0.4) is 0 Å². The molecule has 0 unspecified atom stereocenters. The molecule has 8 heteroatoms. The zero-order chi connectivity index (χ0) is 24.0. The number of hydrogen-bond acceptors (Lipinski definition) is 6. The first-order valence-electron chi connectivity index (χ1n) is 12.4. The summed E-state index contributed by atoms with van der Waals surface area (Å²) in [6.45, 7) is 4.49. The van der Waals surface area contributed by atoms with Crippen LogP contribution < -0.4 is 10.8 Å². The number of hydrogen-bond donors (Lipinski definition) is 3. The van der Waals surface area contributed by atoms with Crippen LogP contribution in [-0.4, -0.2) is 69.3 Å². The van der Waals surface area contributed by atoms with Crippen molar-refractivity contribution in [3.05, 3.63) is 29.8 Å². The third kappa shape index (κ3) is 17.8. The maximum absolute atomic E-state index is 11.8. The maximum atomic E-state index is 11.8. The number of ether oxygens (including phenoxy) is 2. The van der Waals surface area contributed by atoms with Crippen molar-refractivity contribution in [3.8, 4) is 0 Å².